The van der Waals surface area contributed by atoms with Crippen LogP contribution in [0.2, 0.25) is 0 Å². The van der Waals surface area contributed by atoms with Gasteiger partial charge in [0.15, 0.2) is 0 Å². The Kier molecular flexibility index (Phi) is 6.28. The fraction of sp³-hybridized carbons (Fsp3) is 0.185. The van der Waals surface area contributed by atoms with E-state index in [4.69, 9.17) is 0 Å². The number of thiazole rings is 1. The molecule has 0 radical (unpaired) electrons. The molecule has 6 heteroatoms. The molecule has 3 aromatic carbocycles. The highest BCUT2D eigenvalue weighted by Crippen LogP contribution is 2.33. The molecule has 1 aliphatic rings. The zero-order valence-electron chi connectivity index (χ0n) is 18.1. The number of benzene rings is 3. The van der Waals surface area contributed by atoms with Crippen LogP contribution in [0.5, 0.6) is 0 Å². The van der Waals surface area contributed by atoms with Crippen molar-refractivity contribution in [1.82, 2.24) is 10.3 Å². The van der Waals surface area contributed by atoms with E-state index >= 15 is 0 Å². The summed E-state index contributed by atoms with van der Waals surface area (Å²) >= 11 is 1.55. The lowest BCUT2D eigenvalue weighted by Gasteiger charge is -2.25. The van der Waals surface area contributed by atoms with E-state index in [1.54, 1.807) is 29.0 Å². The SMILES string of the molecule is O=C([C@H](Cc1ccccc1)NCc1cscn1)N1CCc2ccc(-c3ccc(F)cc3)cc21. The number of halogens is 1. The number of amides is 1. The van der Waals surface area contributed by atoms with E-state index in [-0.39, 0.29) is 17.8 Å². The first kappa shape index (κ1) is 21.5. The molecule has 0 saturated heterocycles. The highest BCUT2D eigenvalue weighted by Gasteiger charge is 2.30. The number of carbonyl (C=O) groups excluding carboxylic acids is 1. The van der Waals surface area contributed by atoms with Crippen LogP contribution in [0.25, 0.3) is 11.1 Å². The van der Waals surface area contributed by atoms with Crippen molar-refractivity contribution in [2.24, 2.45) is 0 Å². The van der Waals surface area contributed by atoms with Gasteiger partial charge in [0.2, 0.25) is 5.91 Å². The van der Waals surface area contributed by atoms with Crippen molar-refractivity contribution in [3.8, 4) is 11.1 Å². The number of aromatic nitrogens is 1. The molecule has 0 aliphatic carbocycles. The number of nitrogens with one attached hydrogen (secondary N) is 1. The fourth-order valence-corrected chi connectivity index (χ4v) is 4.83. The average molecular weight is 458 g/mol. The third kappa shape index (κ3) is 4.87. The van der Waals surface area contributed by atoms with Crippen LogP contribution < -0.4 is 10.2 Å². The number of nitrogens with zero attached hydrogens (tertiary/aromatic N) is 2. The molecule has 4 aromatic rings. The number of fused-ring (bicyclic) bond motifs is 1. The van der Waals surface area contributed by atoms with Gasteiger partial charge in [-0.25, -0.2) is 9.37 Å². The Morgan fingerprint density at radius 3 is 2.61 bits per heavy atom. The van der Waals surface area contributed by atoms with Crippen LogP contribution >= 0.6 is 11.3 Å². The normalized spacial score (nSPS) is 13.7. The molecular formula is C27H24FN3OS. The summed E-state index contributed by atoms with van der Waals surface area (Å²) in [5.74, 6) is -0.198. The standard InChI is InChI=1S/C27H24FN3OS/c28-23-10-8-20(9-11-23)22-7-6-21-12-13-31(26(21)15-22)27(32)25(14-19-4-2-1-3-5-19)29-16-24-17-33-18-30-24/h1-11,15,17-18,25,29H,12-14,16H2/t25-/m0/s1. The van der Waals surface area contributed by atoms with Crippen LogP contribution in [0, 0.1) is 5.82 Å². The van der Waals surface area contributed by atoms with Gasteiger partial charge in [0.25, 0.3) is 0 Å². The molecule has 0 fully saturated rings. The van der Waals surface area contributed by atoms with Gasteiger partial charge < -0.3 is 4.90 Å². The smallest absolute Gasteiger partial charge is 0.244 e. The maximum absolute atomic E-state index is 13.8. The molecule has 33 heavy (non-hydrogen) atoms. The number of rotatable bonds is 7. The Labute approximate surface area is 196 Å². The molecule has 2 heterocycles. The maximum Gasteiger partial charge on any atom is 0.244 e. The van der Waals surface area contributed by atoms with Crippen LogP contribution in [-0.2, 0) is 24.2 Å². The molecular weight excluding hydrogens is 433 g/mol. The highest BCUT2D eigenvalue weighted by atomic mass is 32.1. The lowest BCUT2D eigenvalue weighted by Crippen LogP contribution is -2.47. The average Bonchev–Trinajstić information content (AvgIpc) is 3.52. The Balaban J connectivity index is 1.41. The van der Waals surface area contributed by atoms with Gasteiger partial charge in [-0.3, -0.25) is 10.1 Å². The summed E-state index contributed by atoms with van der Waals surface area (Å²) in [4.78, 5) is 20.0. The molecule has 0 spiro atoms. The van der Waals surface area contributed by atoms with Gasteiger partial charge in [0.05, 0.1) is 17.2 Å². The van der Waals surface area contributed by atoms with Gasteiger partial charge in [0.1, 0.15) is 5.82 Å². The molecule has 4 nitrogen and oxygen atoms in total. The lowest BCUT2D eigenvalue weighted by molar-refractivity contribution is -0.120. The van der Waals surface area contributed by atoms with Crippen molar-refractivity contribution in [2.75, 3.05) is 11.4 Å². The van der Waals surface area contributed by atoms with E-state index in [1.807, 2.05) is 40.6 Å². The predicted octanol–water partition coefficient (Wildman–Crippen LogP) is 5.24. The van der Waals surface area contributed by atoms with E-state index in [0.29, 0.717) is 19.5 Å². The summed E-state index contributed by atoms with van der Waals surface area (Å²) in [5.41, 5.74) is 7.86. The Hall–Kier alpha value is -3.35. The second-order valence-electron chi connectivity index (χ2n) is 8.19. The lowest BCUT2D eigenvalue weighted by atomic mass is 10.0. The minimum Gasteiger partial charge on any atom is -0.310 e. The molecule has 1 aromatic heterocycles. The Bertz CT molecular complexity index is 1230. The summed E-state index contributed by atoms with van der Waals surface area (Å²) in [6, 6.07) is 22.3. The zero-order chi connectivity index (χ0) is 22.6. The van der Waals surface area contributed by atoms with E-state index in [9.17, 15) is 9.18 Å². The fourth-order valence-electron chi connectivity index (χ4n) is 4.27. The third-order valence-corrected chi connectivity index (χ3v) is 6.65. The second kappa shape index (κ2) is 9.65. The molecule has 1 amide bonds. The molecule has 1 atom stereocenters. The van der Waals surface area contributed by atoms with E-state index in [0.717, 1.165) is 40.1 Å². The number of carbonyl (C=O) groups is 1. The van der Waals surface area contributed by atoms with Crippen LogP contribution in [0.1, 0.15) is 16.8 Å². The monoisotopic (exact) mass is 457 g/mol. The van der Waals surface area contributed by atoms with Gasteiger partial charge >= 0.3 is 0 Å². The van der Waals surface area contributed by atoms with Crippen LogP contribution in [0.3, 0.4) is 0 Å². The van der Waals surface area contributed by atoms with Gasteiger partial charge in [-0.05, 0) is 53.3 Å². The summed E-state index contributed by atoms with van der Waals surface area (Å²) < 4.78 is 13.4. The Morgan fingerprint density at radius 2 is 1.85 bits per heavy atom. The topological polar surface area (TPSA) is 45.2 Å². The van der Waals surface area contributed by atoms with Gasteiger partial charge in [-0.15, -0.1) is 11.3 Å². The summed E-state index contributed by atoms with van der Waals surface area (Å²) in [6.45, 7) is 1.20. The summed E-state index contributed by atoms with van der Waals surface area (Å²) in [6.07, 6.45) is 1.43. The molecule has 0 saturated carbocycles. The molecule has 0 unspecified atom stereocenters. The first-order valence-electron chi connectivity index (χ1n) is 11.0. The third-order valence-electron chi connectivity index (χ3n) is 6.02. The number of hydrogen-bond acceptors (Lipinski definition) is 4. The van der Waals surface area contributed by atoms with Crippen molar-refractivity contribution >= 4 is 22.9 Å². The Morgan fingerprint density at radius 1 is 1.06 bits per heavy atom. The molecule has 0 bridgehead atoms. The van der Waals surface area contributed by atoms with Crippen LogP contribution in [0.4, 0.5) is 10.1 Å². The van der Waals surface area contributed by atoms with Crippen molar-refractivity contribution in [2.45, 2.75) is 25.4 Å². The van der Waals surface area contributed by atoms with Gasteiger partial charge in [0, 0.05) is 24.2 Å². The quantitative estimate of drug-likeness (QED) is 0.413. The molecule has 166 valence electrons. The molecule has 1 N–H and O–H groups in total. The number of anilines is 1. The molecule has 1 aliphatic heterocycles. The van der Waals surface area contributed by atoms with E-state index < -0.39 is 0 Å². The minimum absolute atomic E-state index is 0.0593. The van der Waals surface area contributed by atoms with Gasteiger partial charge in [-0.2, -0.15) is 0 Å². The largest absolute Gasteiger partial charge is 0.310 e. The van der Waals surface area contributed by atoms with Crippen molar-refractivity contribution in [3.05, 3.63) is 106 Å². The maximum atomic E-state index is 13.8. The van der Waals surface area contributed by atoms with Crippen molar-refractivity contribution in [3.63, 3.8) is 0 Å². The van der Waals surface area contributed by atoms with Crippen LogP contribution in [0.15, 0.2) is 83.7 Å². The first-order valence-corrected chi connectivity index (χ1v) is 12.0. The molecule has 5 rings (SSSR count). The van der Waals surface area contributed by atoms with Crippen LogP contribution in [-0.4, -0.2) is 23.5 Å². The summed E-state index contributed by atoms with van der Waals surface area (Å²) in [7, 11) is 0. The zero-order valence-corrected chi connectivity index (χ0v) is 18.9. The van der Waals surface area contributed by atoms with E-state index in [2.05, 4.69) is 28.5 Å². The van der Waals surface area contributed by atoms with E-state index in [1.165, 1.54) is 12.1 Å². The van der Waals surface area contributed by atoms with Crippen molar-refractivity contribution < 1.29 is 9.18 Å². The summed E-state index contributed by atoms with van der Waals surface area (Å²) in [5, 5.41) is 5.44. The predicted molar refractivity (Wildman–Crippen MR) is 131 cm³/mol. The number of hydrogen-bond donors (Lipinski definition) is 1. The van der Waals surface area contributed by atoms with Gasteiger partial charge in [-0.1, -0.05) is 54.6 Å². The second-order valence-corrected chi connectivity index (χ2v) is 8.91. The van der Waals surface area contributed by atoms with Crippen molar-refractivity contribution in [1.29, 1.82) is 0 Å². The highest BCUT2D eigenvalue weighted by molar-refractivity contribution is 7.07. The first-order chi connectivity index (χ1) is 16.2. The minimum atomic E-state index is -0.366.